The van der Waals surface area contributed by atoms with Gasteiger partial charge in [-0.3, -0.25) is 0 Å². The van der Waals surface area contributed by atoms with E-state index >= 15 is 0 Å². The van der Waals surface area contributed by atoms with E-state index in [9.17, 15) is 0 Å². The van der Waals surface area contributed by atoms with Crippen LogP contribution in [0.15, 0.2) is 24.7 Å². The minimum absolute atomic E-state index is 0.372. The Bertz CT molecular complexity index is 827. The number of hydrogen-bond donors (Lipinski definition) is 1. The molecule has 24 heavy (non-hydrogen) atoms. The average molecular weight is 326 g/mol. The van der Waals surface area contributed by atoms with E-state index in [2.05, 4.69) is 53.7 Å². The van der Waals surface area contributed by atoms with Crippen molar-refractivity contribution in [1.82, 2.24) is 24.1 Å². The summed E-state index contributed by atoms with van der Waals surface area (Å²) in [6.45, 7) is 12.4. The molecule has 0 fully saturated rings. The number of fused-ring (bicyclic) bond motifs is 1. The van der Waals surface area contributed by atoms with E-state index in [1.54, 1.807) is 0 Å². The van der Waals surface area contributed by atoms with Gasteiger partial charge in [-0.1, -0.05) is 27.7 Å². The Morgan fingerprint density at radius 2 is 1.96 bits per heavy atom. The molecule has 3 rings (SSSR count). The fourth-order valence-electron chi connectivity index (χ4n) is 2.76. The van der Waals surface area contributed by atoms with Crippen molar-refractivity contribution in [3.8, 4) is 0 Å². The second-order valence-corrected chi connectivity index (χ2v) is 7.06. The zero-order chi connectivity index (χ0) is 17.3. The van der Waals surface area contributed by atoms with Crippen LogP contribution in [0.3, 0.4) is 0 Å². The summed E-state index contributed by atoms with van der Waals surface area (Å²) in [5.41, 5.74) is 4.09. The molecule has 0 saturated carbocycles. The minimum Gasteiger partial charge on any atom is -0.364 e. The standard InChI is InChI=1S/C18H26N6/c1-12(2)10-23-11-19-8-15(23)9-20-17-7-16(13(3)4)21-18-6-14(5)22-24(17)18/h6-8,11-13,20H,9-10H2,1-5H3. The van der Waals surface area contributed by atoms with E-state index in [4.69, 9.17) is 4.98 Å². The lowest BCUT2D eigenvalue weighted by molar-refractivity contribution is 0.511. The first-order chi connectivity index (χ1) is 11.4. The minimum atomic E-state index is 0.372. The predicted molar refractivity (Wildman–Crippen MR) is 96.2 cm³/mol. The van der Waals surface area contributed by atoms with Crippen LogP contribution in [0, 0.1) is 12.8 Å². The first-order valence-electron chi connectivity index (χ1n) is 8.54. The molecule has 0 amide bonds. The lowest BCUT2D eigenvalue weighted by atomic mass is 10.1. The predicted octanol–water partition coefficient (Wildman–Crippen LogP) is 3.63. The Hall–Kier alpha value is -2.37. The van der Waals surface area contributed by atoms with Gasteiger partial charge in [-0.25, -0.2) is 9.97 Å². The molecule has 0 radical (unpaired) electrons. The van der Waals surface area contributed by atoms with E-state index in [1.807, 2.05) is 30.0 Å². The Morgan fingerprint density at radius 3 is 2.67 bits per heavy atom. The highest BCUT2D eigenvalue weighted by atomic mass is 15.3. The Kier molecular flexibility index (Phi) is 4.55. The summed E-state index contributed by atoms with van der Waals surface area (Å²) in [6, 6.07) is 4.10. The van der Waals surface area contributed by atoms with Crippen LogP contribution in [0.2, 0.25) is 0 Å². The highest BCUT2D eigenvalue weighted by Crippen LogP contribution is 2.20. The summed E-state index contributed by atoms with van der Waals surface area (Å²) in [6.07, 6.45) is 3.82. The van der Waals surface area contributed by atoms with Crippen LogP contribution in [0.25, 0.3) is 5.65 Å². The van der Waals surface area contributed by atoms with Gasteiger partial charge in [-0.05, 0) is 18.8 Å². The molecule has 0 bridgehead atoms. The van der Waals surface area contributed by atoms with Crippen molar-refractivity contribution in [2.45, 2.75) is 53.6 Å². The highest BCUT2D eigenvalue weighted by Gasteiger charge is 2.11. The Morgan fingerprint density at radius 1 is 1.17 bits per heavy atom. The number of imidazole rings is 1. The first kappa shape index (κ1) is 16.5. The maximum Gasteiger partial charge on any atom is 0.157 e. The molecule has 3 heterocycles. The lowest BCUT2D eigenvalue weighted by Crippen LogP contribution is -2.12. The summed E-state index contributed by atoms with van der Waals surface area (Å²) in [5.74, 6) is 1.93. The van der Waals surface area contributed by atoms with Gasteiger partial charge in [-0.15, -0.1) is 0 Å². The molecule has 0 aliphatic carbocycles. The molecular formula is C18H26N6. The molecule has 0 spiro atoms. The number of aromatic nitrogens is 5. The van der Waals surface area contributed by atoms with Gasteiger partial charge in [0.2, 0.25) is 0 Å². The summed E-state index contributed by atoms with van der Waals surface area (Å²) < 4.78 is 4.08. The summed E-state index contributed by atoms with van der Waals surface area (Å²) in [7, 11) is 0. The van der Waals surface area contributed by atoms with Gasteiger partial charge in [0.25, 0.3) is 0 Å². The number of rotatable bonds is 6. The maximum atomic E-state index is 4.70. The third kappa shape index (κ3) is 3.42. The largest absolute Gasteiger partial charge is 0.364 e. The molecule has 3 aromatic rings. The molecule has 6 heteroatoms. The fourth-order valence-corrected chi connectivity index (χ4v) is 2.76. The smallest absolute Gasteiger partial charge is 0.157 e. The van der Waals surface area contributed by atoms with E-state index in [0.29, 0.717) is 18.4 Å². The van der Waals surface area contributed by atoms with E-state index in [-0.39, 0.29) is 0 Å². The van der Waals surface area contributed by atoms with Crippen molar-refractivity contribution in [2.75, 3.05) is 5.32 Å². The van der Waals surface area contributed by atoms with Gasteiger partial charge in [0.1, 0.15) is 5.82 Å². The van der Waals surface area contributed by atoms with Gasteiger partial charge >= 0.3 is 0 Å². The van der Waals surface area contributed by atoms with Gasteiger partial charge in [-0.2, -0.15) is 9.61 Å². The number of hydrogen-bond acceptors (Lipinski definition) is 4. The molecule has 6 nitrogen and oxygen atoms in total. The Balaban J connectivity index is 1.88. The van der Waals surface area contributed by atoms with Gasteiger partial charge in [0, 0.05) is 30.6 Å². The summed E-state index contributed by atoms with van der Waals surface area (Å²) in [5, 5.41) is 8.07. The molecular weight excluding hydrogens is 300 g/mol. The monoisotopic (exact) mass is 326 g/mol. The van der Waals surface area contributed by atoms with Crippen molar-refractivity contribution in [1.29, 1.82) is 0 Å². The molecule has 128 valence electrons. The first-order valence-corrected chi connectivity index (χ1v) is 8.54. The SMILES string of the molecule is Cc1cc2nc(C(C)C)cc(NCc3cncn3CC(C)C)n2n1. The number of nitrogens with one attached hydrogen (secondary N) is 1. The van der Waals surface area contributed by atoms with Gasteiger partial charge in [0.15, 0.2) is 5.65 Å². The number of nitrogens with zero attached hydrogens (tertiary/aromatic N) is 5. The molecule has 0 aliphatic heterocycles. The van der Waals surface area contributed by atoms with E-state index in [0.717, 1.165) is 29.4 Å². The molecule has 3 aromatic heterocycles. The van der Waals surface area contributed by atoms with Gasteiger partial charge < -0.3 is 9.88 Å². The van der Waals surface area contributed by atoms with Crippen molar-refractivity contribution < 1.29 is 0 Å². The molecule has 0 atom stereocenters. The third-order valence-electron chi connectivity index (χ3n) is 3.97. The second-order valence-electron chi connectivity index (χ2n) is 7.06. The molecule has 0 unspecified atom stereocenters. The molecule has 0 saturated heterocycles. The molecule has 0 aliphatic rings. The highest BCUT2D eigenvalue weighted by molar-refractivity contribution is 5.51. The summed E-state index contributed by atoms with van der Waals surface area (Å²) in [4.78, 5) is 8.99. The Labute approximate surface area is 142 Å². The zero-order valence-electron chi connectivity index (χ0n) is 15.1. The molecule has 0 aromatic carbocycles. The van der Waals surface area contributed by atoms with Crippen LogP contribution in [-0.2, 0) is 13.1 Å². The van der Waals surface area contributed by atoms with E-state index in [1.165, 1.54) is 5.69 Å². The average Bonchev–Trinajstić information content (AvgIpc) is 3.09. The van der Waals surface area contributed by atoms with Crippen molar-refractivity contribution in [3.05, 3.63) is 41.7 Å². The lowest BCUT2D eigenvalue weighted by Gasteiger charge is -2.14. The number of anilines is 1. The normalized spacial score (nSPS) is 11.8. The van der Waals surface area contributed by atoms with Crippen LogP contribution in [0.1, 0.15) is 50.7 Å². The zero-order valence-corrected chi connectivity index (χ0v) is 15.1. The van der Waals surface area contributed by atoms with Crippen LogP contribution in [-0.4, -0.2) is 24.1 Å². The van der Waals surface area contributed by atoms with Crippen LogP contribution in [0.5, 0.6) is 0 Å². The molecule has 1 N–H and O–H groups in total. The van der Waals surface area contributed by atoms with Crippen LogP contribution >= 0.6 is 0 Å². The summed E-state index contributed by atoms with van der Waals surface area (Å²) >= 11 is 0. The third-order valence-corrected chi connectivity index (χ3v) is 3.97. The van der Waals surface area contributed by atoms with Gasteiger partial charge in [0.05, 0.1) is 24.3 Å². The van der Waals surface area contributed by atoms with Crippen LogP contribution in [0.4, 0.5) is 5.82 Å². The maximum absolute atomic E-state index is 4.70. The quantitative estimate of drug-likeness (QED) is 0.751. The van der Waals surface area contributed by atoms with Crippen molar-refractivity contribution in [2.24, 2.45) is 5.92 Å². The topological polar surface area (TPSA) is 60.0 Å². The fraction of sp³-hybridized carbons (Fsp3) is 0.500. The van der Waals surface area contributed by atoms with Crippen molar-refractivity contribution in [3.63, 3.8) is 0 Å². The number of aryl methyl sites for hydroxylation is 1. The second kappa shape index (κ2) is 6.63. The van der Waals surface area contributed by atoms with Crippen LogP contribution < -0.4 is 5.32 Å². The van der Waals surface area contributed by atoms with Crippen molar-refractivity contribution >= 4 is 11.5 Å². The van der Waals surface area contributed by atoms with E-state index < -0.39 is 0 Å².